The van der Waals surface area contributed by atoms with Gasteiger partial charge in [0.1, 0.15) is 5.75 Å². The van der Waals surface area contributed by atoms with Crippen LogP contribution in [0.15, 0.2) is 24.3 Å². The molecular weight excluding hydrogens is 204 g/mol. The maximum absolute atomic E-state index is 11.6. The number of nitrogens with two attached hydrogens (primary N) is 1. The van der Waals surface area contributed by atoms with E-state index in [9.17, 15) is 4.79 Å². The van der Waals surface area contributed by atoms with Crippen LogP contribution in [0, 0.1) is 0 Å². The molecule has 0 bridgehead atoms. The highest BCUT2D eigenvalue weighted by Crippen LogP contribution is 2.21. The van der Waals surface area contributed by atoms with Crippen LogP contribution in [-0.2, 0) is 11.3 Å². The summed E-state index contributed by atoms with van der Waals surface area (Å²) >= 11 is 0. The summed E-state index contributed by atoms with van der Waals surface area (Å²) in [5.41, 5.74) is 6.77. The van der Waals surface area contributed by atoms with Crippen molar-refractivity contribution in [2.24, 2.45) is 5.73 Å². The van der Waals surface area contributed by atoms with Gasteiger partial charge in [-0.05, 0) is 6.07 Å². The van der Waals surface area contributed by atoms with Crippen LogP contribution in [0.25, 0.3) is 0 Å². The Bertz CT molecular complexity index is 392. The fourth-order valence-corrected chi connectivity index (χ4v) is 1.99. The Labute approximate surface area is 95.0 Å². The van der Waals surface area contributed by atoms with Crippen LogP contribution in [0.3, 0.4) is 0 Å². The Morgan fingerprint density at radius 3 is 2.88 bits per heavy atom. The summed E-state index contributed by atoms with van der Waals surface area (Å²) in [5, 5.41) is 0. The van der Waals surface area contributed by atoms with Crippen LogP contribution < -0.4 is 10.5 Å². The summed E-state index contributed by atoms with van der Waals surface area (Å²) in [6.45, 7) is 1.22. The minimum Gasteiger partial charge on any atom is -0.496 e. The number of ether oxygens (including phenoxy) is 1. The lowest BCUT2D eigenvalue weighted by Gasteiger charge is -2.17. The molecule has 86 valence electrons. The largest absolute Gasteiger partial charge is 0.496 e. The van der Waals surface area contributed by atoms with E-state index in [1.165, 1.54) is 0 Å². The lowest BCUT2D eigenvalue weighted by molar-refractivity contribution is -0.128. The first kappa shape index (κ1) is 11.0. The van der Waals surface area contributed by atoms with Crippen molar-refractivity contribution >= 4 is 5.91 Å². The number of nitrogens with zero attached hydrogens (tertiary/aromatic N) is 1. The van der Waals surface area contributed by atoms with Crippen LogP contribution in [0.1, 0.15) is 12.0 Å². The Balaban J connectivity index is 2.12. The van der Waals surface area contributed by atoms with Gasteiger partial charge in [0.25, 0.3) is 0 Å². The molecular formula is C12H16N2O2. The summed E-state index contributed by atoms with van der Waals surface area (Å²) in [6, 6.07) is 7.70. The number of para-hydroxylation sites is 1. The maximum atomic E-state index is 11.6. The molecule has 0 spiro atoms. The van der Waals surface area contributed by atoms with E-state index in [1.54, 1.807) is 12.0 Å². The number of methoxy groups -OCH3 is 1. The van der Waals surface area contributed by atoms with Crippen molar-refractivity contribution in [3.63, 3.8) is 0 Å². The second-order valence-electron chi connectivity index (χ2n) is 4.05. The first-order valence-electron chi connectivity index (χ1n) is 5.36. The van der Waals surface area contributed by atoms with Gasteiger partial charge in [-0.2, -0.15) is 0 Å². The van der Waals surface area contributed by atoms with Crippen molar-refractivity contribution in [2.75, 3.05) is 13.7 Å². The average molecular weight is 220 g/mol. The SMILES string of the molecule is COc1ccccc1CN1CC(N)CC1=O. The smallest absolute Gasteiger partial charge is 0.224 e. The number of carbonyl (C=O) groups is 1. The molecule has 4 nitrogen and oxygen atoms in total. The zero-order chi connectivity index (χ0) is 11.5. The third kappa shape index (κ3) is 2.17. The molecule has 1 heterocycles. The third-order valence-electron chi connectivity index (χ3n) is 2.80. The Kier molecular flexibility index (Phi) is 3.10. The van der Waals surface area contributed by atoms with Crippen molar-refractivity contribution < 1.29 is 9.53 Å². The van der Waals surface area contributed by atoms with E-state index in [0.717, 1.165) is 11.3 Å². The van der Waals surface area contributed by atoms with Crippen LogP contribution >= 0.6 is 0 Å². The highest BCUT2D eigenvalue weighted by atomic mass is 16.5. The summed E-state index contributed by atoms with van der Waals surface area (Å²) in [5.74, 6) is 0.939. The molecule has 16 heavy (non-hydrogen) atoms. The molecule has 0 saturated carbocycles. The molecule has 0 aliphatic carbocycles. The second kappa shape index (κ2) is 4.53. The molecule has 2 N–H and O–H groups in total. The molecule has 1 aromatic rings. The van der Waals surface area contributed by atoms with E-state index in [0.29, 0.717) is 19.5 Å². The van der Waals surface area contributed by atoms with Crippen LogP contribution in [0.2, 0.25) is 0 Å². The standard InChI is InChI=1S/C12H16N2O2/c1-16-11-5-3-2-4-9(11)7-14-8-10(13)6-12(14)15/h2-5,10H,6-8,13H2,1H3. The van der Waals surface area contributed by atoms with Crippen LogP contribution in [-0.4, -0.2) is 30.5 Å². The summed E-state index contributed by atoms with van der Waals surface area (Å²) in [4.78, 5) is 13.4. The number of likely N-dealkylation sites (tertiary alicyclic amines) is 1. The van der Waals surface area contributed by atoms with E-state index < -0.39 is 0 Å². The molecule has 1 atom stereocenters. The van der Waals surface area contributed by atoms with Gasteiger partial charge in [0, 0.05) is 31.1 Å². The van der Waals surface area contributed by atoms with Gasteiger partial charge in [0.15, 0.2) is 0 Å². The Morgan fingerprint density at radius 1 is 1.50 bits per heavy atom. The molecule has 1 aliphatic rings. The lowest BCUT2D eigenvalue weighted by atomic mass is 10.2. The number of hydrogen-bond donors (Lipinski definition) is 1. The van der Waals surface area contributed by atoms with Crippen molar-refractivity contribution in [3.8, 4) is 5.75 Å². The number of amides is 1. The summed E-state index contributed by atoms with van der Waals surface area (Å²) in [7, 11) is 1.64. The fourth-order valence-electron chi connectivity index (χ4n) is 1.99. The van der Waals surface area contributed by atoms with E-state index in [4.69, 9.17) is 10.5 Å². The van der Waals surface area contributed by atoms with E-state index in [1.807, 2.05) is 24.3 Å². The molecule has 0 radical (unpaired) electrons. The van der Waals surface area contributed by atoms with Gasteiger partial charge in [0.05, 0.1) is 7.11 Å². The second-order valence-corrected chi connectivity index (χ2v) is 4.05. The molecule has 4 heteroatoms. The Hall–Kier alpha value is -1.55. The zero-order valence-corrected chi connectivity index (χ0v) is 9.35. The molecule has 2 rings (SSSR count). The van der Waals surface area contributed by atoms with Gasteiger partial charge in [-0.25, -0.2) is 0 Å². The number of hydrogen-bond acceptors (Lipinski definition) is 3. The first-order chi connectivity index (χ1) is 7.70. The molecule has 1 saturated heterocycles. The third-order valence-corrected chi connectivity index (χ3v) is 2.80. The minimum atomic E-state index is -0.0257. The predicted octanol–water partition coefficient (Wildman–Crippen LogP) is 0.755. The molecule has 1 aliphatic heterocycles. The number of carbonyl (C=O) groups excluding carboxylic acids is 1. The zero-order valence-electron chi connectivity index (χ0n) is 9.35. The highest BCUT2D eigenvalue weighted by Gasteiger charge is 2.27. The molecule has 1 aromatic carbocycles. The molecule has 1 amide bonds. The van der Waals surface area contributed by atoms with Crippen molar-refractivity contribution in [1.29, 1.82) is 0 Å². The monoisotopic (exact) mass is 220 g/mol. The van der Waals surface area contributed by atoms with E-state index in [-0.39, 0.29) is 11.9 Å². The van der Waals surface area contributed by atoms with Crippen LogP contribution in [0.5, 0.6) is 5.75 Å². The van der Waals surface area contributed by atoms with Gasteiger partial charge >= 0.3 is 0 Å². The average Bonchev–Trinajstić information content (AvgIpc) is 2.58. The first-order valence-corrected chi connectivity index (χ1v) is 5.36. The van der Waals surface area contributed by atoms with E-state index >= 15 is 0 Å². The minimum absolute atomic E-state index is 0.0257. The van der Waals surface area contributed by atoms with Gasteiger partial charge in [0.2, 0.25) is 5.91 Å². The quantitative estimate of drug-likeness (QED) is 0.818. The molecule has 1 fully saturated rings. The fraction of sp³-hybridized carbons (Fsp3) is 0.417. The van der Waals surface area contributed by atoms with E-state index in [2.05, 4.69) is 0 Å². The summed E-state index contributed by atoms with van der Waals surface area (Å²) in [6.07, 6.45) is 0.454. The molecule has 1 unspecified atom stereocenters. The van der Waals surface area contributed by atoms with Gasteiger partial charge in [-0.1, -0.05) is 18.2 Å². The number of benzene rings is 1. The molecule has 0 aromatic heterocycles. The van der Waals surface area contributed by atoms with Crippen LogP contribution in [0.4, 0.5) is 0 Å². The maximum Gasteiger partial charge on any atom is 0.224 e. The van der Waals surface area contributed by atoms with Gasteiger partial charge in [-0.15, -0.1) is 0 Å². The predicted molar refractivity (Wildman–Crippen MR) is 61.0 cm³/mol. The van der Waals surface area contributed by atoms with Crippen molar-refractivity contribution in [2.45, 2.75) is 19.0 Å². The van der Waals surface area contributed by atoms with Crippen molar-refractivity contribution in [3.05, 3.63) is 29.8 Å². The lowest BCUT2D eigenvalue weighted by Crippen LogP contribution is -2.27. The topological polar surface area (TPSA) is 55.6 Å². The highest BCUT2D eigenvalue weighted by molar-refractivity contribution is 5.79. The Morgan fingerprint density at radius 2 is 2.25 bits per heavy atom. The van der Waals surface area contributed by atoms with Gasteiger partial charge < -0.3 is 15.4 Å². The van der Waals surface area contributed by atoms with Gasteiger partial charge in [-0.3, -0.25) is 4.79 Å². The normalized spacial score (nSPS) is 20.2. The van der Waals surface area contributed by atoms with Crippen molar-refractivity contribution in [1.82, 2.24) is 4.90 Å². The summed E-state index contributed by atoms with van der Waals surface area (Å²) < 4.78 is 5.25. The number of rotatable bonds is 3.